The first kappa shape index (κ1) is 44.6. The average Bonchev–Trinajstić information content (AvgIpc) is 3.10. The standard InChI is InChI=1S/C36H65NO13/c1-3-4-5-6-7-8-9-10-11-12-13-14-15-16-17-18-19-20-26(41)25(37-24(2)40)23-47-35-33(46)31(44)34(28(22-39)49-35)50-36-32(45)30(43)29(42)27(21-38)48-36/h15-16,19-20,25-36,38-39,41-46H,3-14,17-18,21-23H2,1-2H3,(H,37,40)/b16-15+,20-19+. The lowest BCUT2D eigenvalue weighted by Gasteiger charge is -2.46. The van der Waals surface area contributed by atoms with E-state index in [4.69, 9.17) is 18.9 Å². The SMILES string of the molecule is CCCCCCCCCCCCC/C=C/CC/C=C/C(O)C(COC1OC(CO)C(OC2OC(CO)C(O)C(O)C2O)C(O)C1O)NC(C)=O. The van der Waals surface area contributed by atoms with E-state index in [-0.39, 0.29) is 6.61 Å². The summed E-state index contributed by atoms with van der Waals surface area (Å²) >= 11 is 0. The number of amides is 1. The van der Waals surface area contributed by atoms with E-state index in [1.54, 1.807) is 6.08 Å². The van der Waals surface area contributed by atoms with Crippen molar-refractivity contribution in [3.63, 3.8) is 0 Å². The molecule has 12 atom stereocenters. The smallest absolute Gasteiger partial charge is 0.217 e. The van der Waals surface area contributed by atoms with E-state index in [1.807, 2.05) is 6.08 Å². The van der Waals surface area contributed by atoms with E-state index in [9.17, 15) is 45.6 Å². The third-order valence-corrected chi connectivity index (χ3v) is 9.18. The fraction of sp³-hybridized carbons (Fsp3) is 0.861. The van der Waals surface area contributed by atoms with E-state index < -0.39 is 92.7 Å². The summed E-state index contributed by atoms with van der Waals surface area (Å²) in [6.07, 6.45) is 7.69. The molecule has 292 valence electrons. The van der Waals surface area contributed by atoms with Crippen LogP contribution in [0.15, 0.2) is 24.3 Å². The van der Waals surface area contributed by atoms with Gasteiger partial charge in [0.1, 0.15) is 48.8 Å². The zero-order chi connectivity index (χ0) is 36.9. The number of rotatable bonds is 25. The summed E-state index contributed by atoms with van der Waals surface area (Å²) in [5.41, 5.74) is 0. The van der Waals surface area contributed by atoms with E-state index >= 15 is 0 Å². The highest BCUT2D eigenvalue weighted by molar-refractivity contribution is 5.73. The van der Waals surface area contributed by atoms with E-state index in [2.05, 4.69) is 24.4 Å². The maximum Gasteiger partial charge on any atom is 0.217 e. The van der Waals surface area contributed by atoms with Crippen LogP contribution in [-0.4, -0.2) is 140 Å². The van der Waals surface area contributed by atoms with Gasteiger partial charge < -0.3 is 65.1 Å². The first-order valence-electron chi connectivity index (χ1n) is 18.5. The molecule has 1 amide bonds. The van der Waals surface area contributed by atoms with Crippen molar-refractivity contribution < 1.29 is 64.6 Å². The molecule has 0 spiro atoms. The third kappa shape index (κ3) is 15.6. The molecule has 0 aromatic rings. The van der Waals surface area contributed by atoms with Gasteiger partial charge in [-0.3, -0.25) is 4.79 Å². The third-order valence-electron chi connectivity index (χ3n) is 9.18. The molecular formula is C36H65NO13. The topological polar surface area (TPSA) is 228 Å². The first-order chi connectivity index (χ1) is 24.0. The number of aliphatic hydroxyl groups is 8. The van der Waals surface area contributed by atoms with E-state index in [1.165, 1.54) is 77.6 Å². The Labute approximate surface area is 297 Å². The molecule has 2 aliphatic heterocycles. The van der Waals surface area contributed by atoms with E-state index in [0.717, 1.165) is 12.8 Å². The van der Waals surface area contributed by atoms with Gasteiger partial charge in [0.05, 0.1) is 32.0 Å². The van der Waals surface area contributed by atoms with Crippen molar-refractivity contribution in [3.8, 4) is 0 Å². The Bertz CT molecular complexity index is 951. The Morgan fingerprint density at radius 2 is 1.24 bits per heavy atom. The molecule has 0 aromatic carbocycles. The molecule has 0 aromatic heterocycles. The number of nitrogens with one attached hydrogen (secondary N) is 1. The van der Waals surface area contributed by atoms with Gasteiger partial charge in [0.25, 0.3) is 0 Å². The first-order valence-corrected chi connectivity index (χ1v) is 18.5. The average molecular weight is 720 g/mol. The lowest BCUT2D eigenvalue weighted by molar-refractivity contribution is -0.359. The summed E-state index contributed by atoms with van der Waals surface area (Å²) in [6, 6.07) is -0.927. The molecule has 14 nitrogen and oxygen atoms in total. The van der Waals surface area contributed by atoms with Gasteiger partial charge in [0, 0.05) is 6.92 Å². The van der Waals surface area contributed by atoms with Crippen molar-refractivity contribution in [1.29, 1.82) is 0 Å². The number of hydrogen-bond acceptors (Lipinski definition) is 13. The molecule has 0 aliphatic carbocycles. The maximum atomic E-state index is 11.8. The molecule has 12 unspecified atom stereocenters. The predicted octanol–water partition coefficient (Wildman–Crippen LogP) is 1.09. The second kappa shape index (κ2) is 25.4. The van der Waals surface area contributed by atoms with Crippen molar-refractivity contribution >= 4 is 5.91 Å². The van der Waals surface area contributed by atoms with Crippen LogP contribution in [0.1, 0.15) is 104 Å². The zero-order valence-electron chi connectivity index (χ0n) is 29.9. The minimum atomic E-state index is -1.78. The Morgan fingerprint density at radius 1 is 0.700 bits per heavy atom. The number of carbonyl (C=O) groups is 1. The van der Waals surface area contributed by atoms with Gasteiger partial charge in [-0.15, -0.1) is 0 Å². The summed E-state index contributed by atoms with van der Waals surface area (Å²) in [7, 11) is 0. The molecule has 2 aliphatic rings. The number of allylic oxidation sites excluding steroid dienone is 3. The summed E-state index contributed by atoms with van der Waals surface area (Å²) in [4.78, 5) is 11.8. The van der Waals surface area contributed by atoms with Crippen LogP contribution in [-0.2, 0) is 23.7 Å². The molecule has 2 fully saturated rings. The van der Waals surface area contributed by atoms with Crippen molar-refractivity contribution in [2.45, 2.75) is 177 Å². The Hall–Kier alpha value is -1.53. The van der Waals surface area contributed by atoms with Gasteiger partial charge >= 0.3 is 0 Å². The van der Waals surface area contributed by atoms with Gasteiger partial charge in [-0.1, -0.05) is 95.4 Å². The minimum Gasteiger partial charge on any atom is -0.394 e. The van der Waals surface area contributed by atoms with Gasteiger partial charge in [0.2, 0.25) is 5.91 Å². The lowest BCUT2D eigenvalue weighted by atomic mass is 9.97. The molecule has 0 bridgehead atoms. The van der Waals surface area contributed by atoms with Gasteiger partial charge in [0.15, 0.2) is 12.6 Å². The molecule has 2 rings (SSSR count). The molecule has 50 heavy (non-hydrogen) atoms. The number of carbonyl (C=O) groups excluding carboxylic acids is 1. The normalized spacial score (nSPS) is 31.7. The Kier molecular flexibility index (Phi) is 22.7. The highest BCUT2D eigenvalue weighted by atomic mass is 16.7. The monoisotopic (exact) mass is 719 g/mol. The Morgan fingerprint density at radius 3 is 1.84 bits per heavy atom. The Balaban J connectivity index is 1.75. The van der Waals surface area contributed by atoms with Crippen LogP contribution in [0.2, 0.25) is 0 Å². The minimum absolute atomic E-state index is 0.325. The molecular weight excluding hydrogens is 654 g/mol. The fourth-order valence-corrected chi connectivity index (χ4v) is 6.10. The van der Waals surface area contributed by atoms with Crippen LogP contribution in [0, 0.1) is 0 Å². The van der Waals surface area contributed by atoms with Crippen LogP contribution in [0.5, 0.6) is 0 Å². The van der Waals surface area contributed by atoms with Crippen LogP contribution < -0.4 is 5.32 Å². The number of unbranched alkanes of at least 4 members (excludes halogenated alkanes) is 12. The van der Waals surface area contributed by atoms with Crippen molar-refractivity contribution in [2.24, 2.45) is 0 Å². The largest absolute Gasteiger partial charge is 0.394 e. The quantitative estimate of drug-likeness (QED) is 0.0476. The van der Waals surface area contributed by atoms with Gasteiger partial charge in [-0.25, -0.2) is 0 Å². The highest BCUT2D eigenvalue weighted by Crippen LogP contribution is 2.29. The number of hydrogen-bond donors (Lipinski definition) is 9. The van der Waals surface area contributed by atoms with Crippen molar-refractivity contribution in [1.82, 2.24) is 5.32 Å². The summed E-state index contributed by atoms with van der Waals surface area (Å²) in [5.74, 6) is -0.428. The number of ether oxygens (including phenoxy) is 4. The molecule has 2 heterocycles. The van der Waals surface area contributed by atoms with Crippen molar-refractivity contribution in [3.05, 3.63) is 24.3 Å². The van der Waals surface area contributed by atoms with Gasteiger partial charge in [-0.2, -0.15) is 0 Å². The molecule has 0 saturated carbocycles. The van der Waals surface area contributed by atoms with Crippen LogP contribution in [0.4, 0.5) is 0 Å². The summed E-state index contributed by atoms with van der Waals surface area (Å²) < 4.78 is 22.1. The molecule has 14 heteroatoms. The fourth-order valence-electron chi connectivity index (χ4n) is 6.10. The van der Waals surface area contributed by atoms with Crippen molar-refractivity contribution in [2.75, 3.05) is 19.8 Å². The summed E-state index contributed by atoms with van der Waals surface area (Å²) in [5, 5.41) is 84.6. The van der Waals surface area contributed by atoms with Gasteiger partial charge in [-0.05, 0) is 25.7 Å². The molecule has 0 radical (unpaired) electrons. The lowest BCUT2D eigenvalue weighted by Crippen LogP contribution is -2.65. The summed E-state index contributed by atoms with van der Waals surface area (Å²) in [6.45, 7) is 1.77. The highest BCUT2D eigenvalue weighted by Gasteiger charge is 2.50. The van der Waals surface area contributed by atoms with E-state index in [0.29, 0.717) is 6.42 Å². The molecule has 2 saturated heterocycles. The van der Waals surface area contributed by atoms with Crippen LogP contribution in [0.3, 0.4) is 0 Å². The maximum absolute atomic E-state index is 11.8. The second-order valence-electron chi connectivity index (χ2n) is 13.4. The van der Waals surface area contributed by atoms with Crippen LogP contribution >= 0.6 is 0 Å². The predicted molar refractivity (Wildman–Crippen MR) is 185 cm³/mol. The second-order valence-corrected chi connectivity index (χ2v) is 13.4. The molecule has 9 N–H and O–H groups in total. The number of aliphatic hydroxyl groups excluding tert-OH is 8. The van der Waals surface area contributed by atoms with Crippen LogP contribution in [0.25, 0.3) is 0 Å². The zero-order valence-corrected chi connectivity index (χ0v) is 29.9.